The number of hydrogen-bond donors (Lipinski definition) is 2. The van der Waals surface area contributed by atoms with Crippen molar-refractivity contribution in [3.8, 4) is 0 Å². The van der Waals surface area contributed by atoms with Gasteiger partial charge in [0.05, 0.1) is 6.21 Å². The van der Waals surface area contributed by atoms with E-state index in [1.165, 1.54) is 6.21 Å². The summed E-state index contributed by atoms with van der Waals surface area (Å²) in [7, 11) is 0. The number of H-pyrrole nitrogens is 1. The molecule has 0 aliphatic carbocycles. The lowest BCUT2D eigenvalue weighted by atomic mass is 10.2. The zero-order valence-corrected chi connectivity index (χ0v) is 14.4. The Kier molecular flexibility index (Phi) is 5.41. The van der Waals surface area contributed by atoms with E-state index in [0.29, 0.717) is 10.6 Å². The molecule has 1 aromatic heterocycles. The Hall–Kier alpha value is -3.33. The second-order valence-electron chi connectivity index (χ2n) is 5.39. The summed E-state index contributed by atoms with van der Waals surface area (Å²) < 4.78 is 26.7. The van der Waals surface area contributed by atoms with Gasteiger partial charge in [0, 0.05) is 17.1 Å². The number of benzene rings is 2. The van der Waals surface area contributed by atoms with Gasteiger partial charge in [-0.1, -0.05) is 23.7 Å². The number of carbonyl (C=O) groups excluding carboxylic acids is 1. The molecule has 0 fully saturated rings. The Morgan fingerprint density at radius 2 is 2.00 bits per heavy atom. The van der Waals surface area contributed by atoms with Crippen molar-refractivity contribution < 1.29 is 13.6 Å². The topological polar surface area (TPSA) is 92.1 Å². The SMILES string of the molecule is O=C(NCc1cc(F)ccc1F)c1n[nH]n(N=Cc2ccc(Cl)cc2)c1=O. The van der Waals surface area contributed by atoms with Crippen molar-refractivity contribution >= 4 is 23.7 Å². The molecule has 0 bridgehead atoms. The van der Waals surface area contributed by atoms with E-state index in [1.54, 1.807) is 24.3 Å². The molecule has 0 aliphatic rings. The van der Waals surface area contributed by atoms with Gasteiger partial charge in [0.25, 0.3) is 5.91 Å². The van der Waals surface area contributed by atoms with Gasteiger partial charge in [0.1, 0.15) is 11.6 Å². The first kappa shape index (κ1) is 18.5. The maximum absolute atomic E-state index is 13.6. The van der Waals surface area contributed by atoms with Crippen molar-refractivity contribution in [2.24, 2.45) is 5.10 Å². The third kappa shape index (κ3) is 4.45. The monoisotopic (exact) mass is 391 g/mol. The molecule has 0 atom stereocenters. The Morgan fingerprint density at radius 3 is 2.74 bits per heavy atom. The van der Waals surface area contributed by atoms with Crippen LogP contribution in [0.2, 0.25) is 5.02 Å². The number of halogens is 3. The lowest BCUT2D eigenvalue weighted by Gasteiger charge is -2.04. The molecule has 1 amide bonds. The summed E-state index contributed by atoms with van der Waals surface area (Å²) >= 11 is 5.78. The summed E-state index contributed by atoms with van der Waals surface area (Å²) in [5, 5.41) is 12.6. The van der Waals surface area contributed by atoms with Crippen molar-refractivity contribution in [1.82, 2.24) is 20.4 Å². The average Bonchev–Trinajstić information content (AvgIpc) is 3.02. The molecule has 138 valence electrons. The summed E-state index contributed by atoms with van der Waals surface area (Å²) in [6, 6.07) is 9.55. The normalized spacial score (nSPS) is 11.1. The van der Waals surface area contributed by atoms with Gasteiger partial charge in [-0.2, -0.15) is 10.3 Å². The van der Waals surface area contributed by atoms with Gasteiger partial charge < -0.3 is 5.32 Å². The first-order chi connectivity index (χ1) is 12.9. The number of nitrogens with zero attached hydrogens (tertiary/aromatic N) is 3. The van der Waals surface area contributed by atoms with Crippen LogP contribution in [0.15, 0.2) is 52.4 Å². The fourth-order valence-electron chi connectivity index (χ4n) is 2.13. The van der Waals surface area contributed by atoms with Crippen LogP contribution in [0.4, 0.5) is 8.78 Å². The second-order valence-corrected chi connectivity index (χ2v) is 5.83. The molecular weight excluding hydrogens is 380 g/mol. The molecule has 2 aromatic carbocycles. The minimum atomic E-state index is -0.847. The van der Waals surface area contributed by atoms with E-state index in [-0.39, 0.29) is 12.1 Å². The number of nitrogens with one attached hydrogen (secondary N) is 2. The maximum Gasteiger partial charge on any atom is 0.320 e. The Morgan fingerprint density at radius 1 is 1.26 bits per heavy atom. The predicted molar refractivity (Wildman–Crippen MR) is 94.8 cm³/mol. The summed E-state index contributed by atoms with van der Waals surface area (Å²) in [6.07, 6.45) is 1.37. The van der Waals surface area contributed by atoms with Gasteiger partial charge in [-0.25, -0.2) is 8.78 Å². The molecule has 0 saturated carbocycles. The van der Waals surface area contributed by atoms with Crippen LogP contribution in [0.5, 0.6) is 0 Å². The van der Waals surface area contributed by atoms with Crippen LogP contribution in [0.1, 0.15) is 21.6 Å². The molecule has 1 heterocycles. The van der Waals surface area contributed by atoms with Crippen LogP contribution in [0, 0.1) is 11.6 Å². The fraction of sp³-hybridized carbons (Fsp3) is 0.0588. The Balaban J connectivity index is 1.70. The lowest BCUT2D eigenvalue weighted by Crippen LogP contribution is -2.29. The van der Waals surface area contributed by atoms with Crippen molar-refractivity contribution in [2.45, 2.75) is 6.54 Å². The zero-order chi connectivity index (χ0) is 19.4. The number of carbonyl (C=O) groups is 1. The first-order valence-corrected chi connectivity index (χ1v) is 8.01. The van der Waals surface area contributed by atoms with E-state index >= 15 is 0 Å². The van der Waals surface area contributed by atoms with Crippen molar-refractivity contribution in [1.29, 1.82) is 0 Å². The van der Waals surface area contributed by atoms with Crippen LogP contribution < -0.4 is 10.9 Å². The van der Waals surface area contributed by atoms with Crippen LogP contribution in [-0.4, -0.2) is 27.2 Å². The molecule has 3 aromatic rings. The molecule has 27 heavy (non-hydrogen) atoms. The average molecular weight is 392 g/mol. The molecular formula is C17H12ClF2N5O2. The van der Waals surface area contributed by atoms with Gasteiger partial charge in [0.2, 0.25) is 5.69 Å². The highest BCUT2D eigenvalue weighted by Crippen LogP contribution is 2.09. The van der Waals surface area contributed by atoms with Crippen LogP contribution in [0.25, 0.3) is 0 Å². The Bertz CT molecular complexity index is 1060. The predicted octanol–water partition coefficient (Wildman–Crippen LogP) is 2.32. The molecule has 0 unspecified atom stereocenters. The third-order valence-electron chi connectivity index (χ3n) is 3.51. The van der Waals surface area contributed by atoms with Gasteiger partial charge >= 0.3 is 5.56 Å². The largest absolute Gasteiger partial charge is 0.346 e. The van der Waals surface area contributed by atoms with Gasteiger partial charge in [-0.3, -0.25) is 9.59 Å². The highest BCUT2D eigenvalue weighted by atomic mass is 35.5. The number of rotatable bonds is 5. The molecule has 3 rings (SSSR count). The molecule has 2 N–H and O–H groups in total. The second kappa shape index (κ2) is 7.92. The molecule has 10 heteroatoms. The number of aromatic amines is 1. The fourth-order valence-corrected chi connectivity index (χ4v) is 2.25. The standard InChI is InChI=1S/C17H12ClF2N5O2/c18-12-3-1-10(2-4-12)8-22-25-17(27)15(23-24-25)16(26)21-9-11-7-13(19)5-6-14(11)20/h1-8,24H,9H2,(H,21,26). The molecule has 7 nitrogen and oxygen atoms in total. The minimum Gasteiger partial charge on any atom is -0.346 e. The van der Waals surface area contributed by atoms with Crippen molar-refractivity contribution in [3.63, 3.8) is 0 Å². The highest BCUT2D eigenvalue weighted by Gasteiger charge is 2.17. The summed E-state index contributed by atoms with van der Waals surface area (Å²) in [6.45, 7) is -0.303. The van der Waals surface area contributed by atoms with E-state index in [4.69, 9.17) is 11.6 Å². The van der Waals surface area contributed by atoms with E-state index in [2.05, 4.69) is 20.7 Å². The Labute approximate surface area is 156 Å². The number of hydrogen-bond acceptors (Lipinski definition) is 4. The van der Waals surface area contributed by atoms with Gasteiger partial charge in [-0.05, 0) is 35.9 Å². The van der Waals surface area contributed by atoms with Crippen molar-refractivity contribution in [2.75, 3.05) is 0 Å². The summed E-state index contributed by atoms with van der Waals surface area (Å²) in [4.78, 5) is 25.0. The quantitative estimate of drug-likeness (QED) is 0.654. The first-order valence-electron chi connectivity index (χ1n) is 7.63. The van der Waals surface area contributed by atoms with Crippen LogP contribution >= 0.6 is 11.6 Å². The molecule has 0 radical (unpaired) electrons. The van der Waals surface area contributed by atoms with Crippen LogP contribution in [-0.2, 0) is 6.54 Å². The number of amides is 1. The minimum absolute atomic E-state index is 0.0556. The van der Waals surface area contributed by atoms with E-state index < -0.39 is 28.8 Å². The summed E-state index contributed by atoms with van der Waals surface area (Å²) in [5.41, 5.74) is -0.633. The molecule has 0 aliphatic heterocycles. The third-order valence-corrected chi connectivity index (χ3v) is 3.76. The highest BCUT2D eigenvalue weighted by molar-refractivity contribution is 6.30. The van der Waals surface area contributed by atoms with Crippen molar-refractivity contribution in [3.05, 3.63) is 86.3 Å². The van der Waals surface area contributed by atoms with E-state index in [0.717, 1.165) is 23.0 Å². The maximum atomic E-state index is 13.6. The van der Waals surface area contributed by atoms with Gasteiger partial charge in [-0.15, -0.1) is 9.89 Å². The van der Waals surface area contributed by atoms with Gasteiger partial charge in [0.15, 0.2) is 0 Å². The number of aromatic nitrogens is 3. The summed E-state index contributed by atoms with van der Waals surface area (Å²) in [5.74, 6) is -2.16. The zero-order valence-electron chi connectivity index (χ0n) is 13.6. The smallest absolute Gasteiger partial charge is 0.320 e. The van der Waals surface area contributed by atoms with E-state index in [1.807, 2.05) is 0 Å². The molecule has 0 saturated heterocycles. The van der Waals surface area contributed by atoms with Crippen LogP contribution in [0.3, 0.4) is 0 Å². The lowest BCUT2D eigenvalue weighted by molar-refractivity contribution is 0.0944. The van der Waals surface area contributed by atoms with E-state index in [9.17, 15) is 18.4 Å². The molecule has 0 spiro atoms.